The molecule has 3 aromatic carbocycles. The van der Waals surface area contributed by atoms with Gasteiger partial charge in [0.1, 0.15) is 12.4 Å². The zero-order valence-corrected chi connectivity index (χ0v) is 18.1. The highest BCUT2D eigenvalue weighted by atomic mass is 16.6. The lowest BCUT2D eigenvalue weighted by Gasteiger charge is -2.32. The molecule has 1 aliphatic heterocycles. The van der Waals surface area contributed by atoms with Gasteiger partial charge in [-0.05, 0) is 41.0 Å². The van der Waals surface area contributed by atoms with Crippen LogP contribution in [-0.2, 0) is 16.1 Å². The van der Waals surface area contributed by atoms with Gasteiger partial charge in [-0.2, -0.15) is 0 Å². The third kappa shape index (κ3) is 6.11. The Morgan fingerprint density at radius 2 is 1.67 bits per heavy atom. The second-order valence-corrected chi connectivity index (χ2v) is 7.81. The minimum absolute atomic E-state index is 0.100. The van der Waals surface area contributed by atoms with E-state index in [1.54, 1.807) is 17.0 Å². The Morgan fingerprint density at radius 3 is 2.39 bits per heavy atom. The van der Waals surface area contributed by atoms with Crippen molar-refractivity contribution in [3.8, 4) is 16.9 Å². The van der Waals surface area contributed by atoms with Crippen LogP contribution in [0.5, 0.6) is 5.75 Å². The minimum Gasteiger partial charge on any atom is -0.508 e. The Bertz CT molecular complexity index is 1070. The van der Waals surface area contributed by atoms with Crippen LogP contribution >= 0.6 is 0 Å². The highest BCUT2D eigenvalue weighted by Crippen LogP contribution is 2.19. The number of morpholine rings is 1. The number of amides is 2. The molecular formula is C26H26N2O5. The van der Waals surface area contributed by atoms with Crippen LogP contribution in [0.25, 0.3) is 11.1 Å². The topological polar surface area (TPSA) is 88.1 Å². The first kappa shape index (κ1) is 22.4. The molecule has 0 saturated carbocycles. The van der Waals surface area contributed by atoms with Crippen molar-refractivity contribution >= 4 is 12.0 Å². The molecule has 2 amide bonds. The molecule has 2 N–H and O–H groups in total. The van der Waals surface area contributed by atoms with Gasteiger partial charge in [0.2, 0.25) is 0 Å². The Morgan fingerprint density at radius 1 is 0.970 bits per heavy atom. The highest BCUT2D eigenvalue weighted by Gasteiger charge is 2.25. The zero-order chi connectivity index (χ0) is 23.0. The molecule has 170 valence electrons. The molecule has 1 heterocycles. The Labute approximate surface area is 192 Å². The molecule has 1 saturated heterocycles. The fraction of sp³-hybridized carbons (Fsp3) is 0.231. The number of rotatable bonds is 6. The smallest absolute Gasteiger partial charge is 0.410 e. The van der Waals surface area contributed by atoms with Crippen molar-refractivity contribution in [2.24, 2.45) is 0 Å². The summed E-state index contributed by atoms with van der Waals surface area (Å²) in [6, 6.07) is 24.0. The Hall–Kier alpha value is -3.84. The second kappa shape index (κ2) is 10.7. The van der Waals surface area contributed by atoms with Crippen LogP contribution in [0.1, 0.15) is 15.9 Å². The molecule has 7 heteroatoms. The van der Waals surface area contributed by atoms with Gasteiger partial charge in [-0.25, -0.2) is 4.79 Å². The fourth-order valence-corrected chi connectivity index (χ4v) is 3.59. The minimum atomic E-state index is -0.403. The van der Waals surface area contributed by atoms with Crippen molar-refractivity contribution in [3.63, 3.8) is 0 Å². The van der Waals surface area contributed by atoms with Crippen LogP contribution in [0.3, 0.4) is 0 Å². The summed E-state index contributed by atoms with van der Waals surface area (Å²) in [5.74, 6) is -0.166. The van der Waals surface area contributed by atoms with E-state index in [0.29, 0.717) is 25.3 Å². The molecule has 3 aromatic rings. The number of aromatic hydroxyl groups is 1. The van der Waals surface area contributed by atoms with Crippen molar-refractivity contribution in [2.45, 2.75) is 12.7 Å². The number of hydrogen-bond donors (Lipinski definition) is 2. The van der Waals surface area contributed by atoms with Crippen molar-refractivity contribution < 1.29 is 24.2 Å². The fourth-order valence-electron chi connectivity index (χ4n) is 3.59. The maximum atomic E-state index is 12.5. The van der Waals surface area contributed by atoms with E-state index in [1.807, 2.05) is 42.5 Å². The van der Waals surface area contributed by atoms with Gasteiger partial charge in [-0.15, -0.1) is 0 Å². The molecule has 0 radical (unpaired) electrons. The number of nitrogens with zero attached hydrogens (tertiary/aromatic N) is 1. The van der Waals surface area contributed by atoms with Crippen LogP contribution < -0.4 is 5.32 Å². The Kier molecular flexibility index (Phi) is 7.22. The van der Waals surface area contributed by atoms with Gasteiger partial charge in [0.25, 0.3) is 5.91 Å². The summed E-state index contributed by atoms with van der Waals surface area (Å²) in [5, 5.41) is 12.1. The second-order valence-electron chi connectivity index (χ2n) is 7.81. The van der Waals surface area contributed by atoms with Crippen LogP contribution in [0.2, 0.25) is 0 Å². The van der Waals surface area contributed by atoms with E-state index in [-0.39, 0.29) is 30.9 Å². The first-order chi connectivity index (χ1) is 16.1. The van der Waals surface area contributed by atoms with E-state index < -0.39 is 6.09 Å². The van der Waals surface area contributed by atoms with Crippen molar-refractivity contribution in [1.29, 1.82) is 0 Å². The van der Waals surface area contributed by atoms with Gasteiger partial charge in [-0.3, -0.25) is 4.79 Å². The van der Waals surface area contributed by atoms with Gasteiger partial charge in [0.15, 0.2) is 0 Å². The van der Waals surface area contributed by atoms with Crippen LogP contribution in [0, 0.1) is 0 Å². The number of phenolic OH excluding ortho intramolecular Hbond substituents is 1. The van der Waals surface area contributed by atoms with Gasteiger partial charge >= 0.3 is 6.09 Å². The normalized spacial score (nSPS) is 15.6. The predicted octanol–water partition coefficient (Wildman–Crippen LogP) is 3.83. The van der Waals surface area contributed by atoms with Gasteiger partial charge < -0.3 is 24.8 Å². The molecule has 1 aliphatic rings. The quantitative estimate of drug-likeness (QED) is 0.601. The first-order valence-electron chi connectivity index (χ1n) is 10.8. The van der Waals surface area contributed by atoms with E-state index in [9.17, 15) is 14.7 Å². The summed E-state index contributed by atoms with van der Waals surface area (Å²) >= 11 is 0. The van der Waals surface area contributed by atoms with Crippen LogP contribution in [0.4, 0.5) is 4.79 Å². The van der Waals surface area contributed by atoms with Crippen LogP contribution in [0.15, 0.2) is 78.9 Å². The lowest BCUT2D eigenvalue weighted by molar-refractivity contribution is -0.0263. The van der Waals surface area contributed by atoms with Crippen molar-refractivity contribution in [3.05, 3.63) is 90.0 Å². The molecule has 0 bridgehead atoms. The molecule has 0 aliphatic carbocycles. The summed E-state index contributed by atoms with van der Waals surface area (Å²) in [7, 11) is 0. The van der Waals surface area contributed by atoms with Crippen LogP contribution in [-0.4, -0.2) is 54.4 Å². The van der Waals surface area contributed by atoms with Crippen molar-refractivity contribution in [2.75, 3.05) is 26.2 Å². The molecule has 0 spiro atoms. The summed E-state index contributed by atoms with van der Waals surface area (Å²) in [6.45, 7) is 1.61. The van der Waals surface area contributed by atoms with E-state index in [0.717, 1.165) is 16.7 Å². The number of nitrogens with one attached hydrogen (secondary N) is 1. The maximum Gasteiger partial charge on any atom is 0.410 e. The maximum absolute atomic E-state index is 12.5. The number of hydrogen-bond acceptors (Lipinski definition) is 5. The number of carbonyl (C=O) groups is 2. The summed E-state index contributed by atoms with van der Waals surface area (Å²) in [5.41, 5.74) is 3.60. The van der Waals surface area contributed by atoms with Gasteiger partial charge in [0, 0.05) is 18.7 Å². The number of carbonyl (C=O) groups excluding carboxylic acids is 2. The summed E-state index contributed by atoms with van der Waals surface area (Å²) in [6.07, 6.45) is -0.724. The molecule has 4 rings (SSSR count). The molecular weight excluding hydrogens is 420 g/mol. The lowest BCUT2D eigenvalue weighted by atomic mass is 10.0. The lowest BCUT2D eigenvalue weighted by Crippen LogP contribution is -2.49. The molecule has 0 unspecified atom stereocenters. The SMILES string of the molecule is O=C(NC[C@@H]1CN(C(=O)OCc2ccc(-c3ccccc3)cc2)CCO1)c1ccc(O)cc1. The summed E-state index contributed by atoms with van der Waals surface area (Å²) in [4.78, 5) is 26.4. The molecule has 1 atom stereocenters. The monoisotopic (exact) mass is 446 g/mol. The largest absolute Gasteiger partial charge is 0.508 e. The predicted molar refractivity (Wildman–Crippen MR) is 124 cm³/mol. The van der Waals surface area contributed by atoms with E-state index in [2.05, 4.69) is 17.4 Å². The number of ether oxygens (including phenoxy) is 2. The first-order valence-corrected chi connectivity index (χ1v) is 10.8. The van der Waals surface area contributed by atoms with E-state index in [4.69, 9.17) is 9.47 Å². The van der Waals surface area contributed by atoms with E-state index >= 15 is 0 Å². The number of phenols is 1. The zero-order valence-electron chi connectivity index (χ0n) is 18.1. The molecule has 1 fully saturated rings. The van der Waals surface area contributed by atoms with Crippen molar-refractivity contribution in [1.82, 2.24) is 10.2 Å². The third-order valence-electron chi connectivity index (χ3n) is 5.44. The molecule has 33 heavy (non-hydrogen) atoms. The summed E-state index contributed by atoms with van der Waals surface area (Å²) < 4.78 is 11.2. The third-order valence-corrected chi connectivity index (χ3v) is 5.44. The molecule has 0 aromatic heterocycles. The standard InChI is InChI=1S/C26H26N2O5/c29-23-12-10-22(11-13-23)25(30)27-16-24-17-28(14-15-32-24)26(31)33-18-19-6-8-21(9-7-19)20-4-2-1-3-5-20/h1-13,24,29H,14-18H2,(H,27,30)/t24-/m1/s1. The highest BCUT2D eigenvalue weighted by molar-refractivity contribution is 5.94. The van der Waals surface area contributed by atoms with E-state index in [1.165, 1.54) is 12.1 Å². The number of benzene rings is 3. The van der Waals surface area contributed by atoms with Gasteiger partial charge in [0.05, 0.1) is 19.3 Å². The average molecular weight is 447 g/mol. The molecule has 7 nitrogen and oxygen atoms in total. The average Bonchev–Trinajstić information content (AvgIpc) is 2.87. The Balaban J connectivity index is 1.24. The van der Waals surface area contributed by atoms with Gasteiger partial charge in [-0.1, -0.05) is 54.6 Å².